The molecule has 0 saturated carbocycles. The number of hydrogen-bond donors (Lipinski definition) is 1. The number of fused-ring (bicyclic) bond motifs is 1. The fourth-order valence-corrected chi connectivity index (χ4v) is 7.37. The van der Waals surface area contributed by atoms with Crippen molar-refractivity contribution in [2.45, 2.75) is 57.5 Å². The highest BCUT2D eigenvalue weighted by atomic mass is 32.2. The Morgan fingerprint density at radius 2 is 1.70 bits per heavy atom. The minimum Gasteiger partial charge on any atom is -0.491 e. The molecule has 1 N–H and O–H groups in total. The van der Waals surface area contributed by atoms with Crippen LogP contribution in [0.2, 0.25) is 0 Å². The minimum atomic E-state index is -3.59. The Hall–Kier alpha value is -3.70. The van der Waals surface area contributed by atoms with E-state index in [9.17, 15) is 13.2 Å². The van der Waals surface area contributed by atoms with Crippen LogP contribution < -0.4 is 14.8 Å². The zero-order valence-electron chi connectivity index (χ0n) is 27.1. The predicted octanol–water partition coefficient (Wildman–Crippen LogP) is 6.32. The lowest BCUT2D eigenvalue weighted by Crippen LogP contribution is -2.36. The van der Waals surface area contributed by atoms with Crippen LogP contribution in [0, 0.1) is 13.8 Å². The maximum absolute atomic E-state index is 13.4. The van der Waals surface area contributed by atoms with Gasteiger partial charge in [-0.2, -0.15) is 0 Å². The molecule has 1 saturated heterocycles. The van der Waals surface area contributed by atoms with Crippen molar-refractivity contribution in [2.75, 3.05) is 51.2 Å². The third-order valence-corrected chi connectivity index (χ3v) is 10.2. The second-order valence-corrected chi connectivity index (χ2v) is 14.0. The van der Waals surface area contributed by atoms with Crippen LogP contribution in [-0.2, 0) is 30.7 Å². The van der Waals surface area contributed by atoms with E-state index < -0.39 is 9.84 Å². The number of ether oxygens (including phenoxy) is 4. The quantitative estimate of drug-likeness (QED) is 0.228. The van der Waals surface area contributed by atoms with Crippen molar-refractivity contribution in [1.82, 2.24) is 4.90 Å². The van der Waals surface area contributed by atoms with Gasteiger partial charge in [0.15, 0.2) is 9.84 Å². The molecule has 3 aromatic rings. The van der Waals surface area contributed by atoms with Crippen molar-refractivity contribution in [3.8, 4) is 17.2 Å². The summed E-state index contributed by atoms with van der Waals surface area (Å²) in [5.74, 6) is 1.38. The van der Waals surface area contributed by atoms with Gasteiger partial charge >= 0.3 is 0 Å². The Bertz CT molecular complexity index is 1640. The maximum atomic E-state index is 13.4. The van der Waals surface area contributed by atoms with Gasteiger partial charge in [0.2, 0.25) is 0 Å². The van der Waals surface area contributed by atoms with Crippen LogP contribution >= 0.6 is 0 Å². The summed E-state index contributed by atoms with van der Waals surface area (Å²) < 4.78 is 49.2. The van der Waals surface area contributed by atoms with E-state index in [4.69, 9.17) is 18.9 Å². The Labute approximate surface area is 272 Å². The highest BCUT2D eigenvalue weighted by Crippen LogP contribution is 2.34. The molecule has 0 aliphatic carbocycles. The fourth-order valence-electron chi connectivity index (χ4n) is 5.91. The van der Waals surface area contributed by atoms with Crippen LogP contribution in [0.25, 0.3) is 6.08 Å². The summed E-state index contributed by atoms with van der Waals surface area (Å²) in [6.07, 6.45) is 3.83. The van der Waals surface area contributed by atoms with Crippen LogP contribution in [0.5, 0.6) is 17.2 Å². The lowest BCUT2D eigenvalue weighted by Gasteiger charge is -2.31. The normalized spacial score (nSPS) is 16.3. The number of nitrogens with zero attached hydrogens (tertiary/aromatic N) is 1. The summed E-state index contributed by atoms with van der Waals surface area (Å²) >= 11 is 0. The van der Waals surface area contributed by atoms with Gasteiger partial charge in [0.1, 0.15) is 23.9 Å². The Kier molecular flexibility index (Phi) is 11.2. The number of nitrogens with one attached hydrogen (secondary N) is 1. The maximum Gasteiger partial charge on any atom is 0.251 e. The Morgan fingerprint density at radius 3 is 2.39 bits per heavy atom. The van der Waals surface area contributed by atoms with Crippen molar-refractivity contribution in [3.63, 3.8) is 0 Å². The Balaban J connectivity index is 1.28. The van der Waals surface area contributed by atoms with Crippen LogP contribution in [-0.4, -0.2) is 71.1 Å². The molecular weight excluding hydrogens is 604 g/mol. The summed E-state index contributed by atoms with van der Waals surface area (Å²) in [4.78, 5) is 15.9. The molecular formula is C36H44N2O7S. The number of anilines is 1. The fraction of sp³-hybridized carbons (Fsp3) is 0.417. The SMILES string of the molecule is CCOCCOc1c(C)cc(Oc2ccc3c(c2)C=C(C(=O)Nc2ccc(CN(C)C4CCOCC4)cc2)CCS3(=O)=O)cc1C. The molecule has 9 nitrogen and oxygen atoms in total. The van der Waals surface area contributed by atoms with Crippen LogP contribution in [0.3, 0.4) is 0 Å². The first-order valence-corrected chi connectivity index (χ1v) is 17.5. The lowest BCUT2D eigenvalue weighted by atomic mass is 10.1. The second-order valence-electron chi connectivity index (χ2n) is 11.9. The van der Waals surface area contributed by atoms with Crippen molar-refractivity contribution in [1.29, 1.82) is 0 Å². The van der Waals surface area contributed by atoms with Crippen LogP contribution in [0.1, 0.15) is 48.4 Å². The molecule has 1 fully saturated rings. The van der Waals surface area contributed by atoms with Crippen molar-refractivity contribution in [3.05, 3.63) is 82.4 Å². The van der Waals surface area contributed by atoms with E-state index in [2.05, 4.69) is 17.3 Å². The number of hydrogen-bond acceptors (Lipinski definition) is 8. The van der Waals surface area contributed by atoms with E-state index in [0.29, 0.717) is 54.2 Å². The van der Waals surface area contributed by atoms with Gasteiger partial charge in [0.05, 0.1) is 17.3 Å². The molecule has 0 radical (unpaired) electrons. The van der Waals surface area contributed by atoms with Crippen LogP contribution in [0.15, 0.2) is 65.1 Å². The molecule has 0 spiro atoms. The number of benzene rings is 3. The van der Waals surface area contributed by atoms with Gasteiger partial charge in [0.25, 0.3) is 5.91 Å². The van der Waals surface area contributed by atoms with E-state index in [-0.39, 0.29) is 23.0 Å². The molecule has 10 heteroatoms. The van der Waals surface area contributed by atoms with Gasteiger partial charge in [0, 0.05) is 43.7 Å². The minimum absolute atomic E-state index is 0.107. The van der Waals surface area contributed by atoms with E-state index in [1.807, 2.05) is 57.2 Å². The van der Waals surface area contributed by atoms with Crippen molar-refractivity contribution < 1.29 is 32.2 Å². The van der Waals surface area contributed by atoms with Gasteiger partial charge in [-0.25, -0.2) is 8.42 Å². The van der Waals surface area contributed by atoms with E-state index in [1.165, 1.54) is 0 Å². The van der Waals surface area contributed by atoms with Crippen molar-refractivity contribution in [2.24, 2.45) is 0 Å². The molecule has 0 unspecified atom stereocenters. The number of carbonyl (C=O) groups is 1. The standard InChI is InChI=1S/C36H44N2O7S/c1-5-42-17-18-44-35-25(2)20-33(21-26(35)3)45-32-10-11-34-29(23-32)22-28(14-19-46(34,40)41)36(39)37-30-8-6-27(7-9-30)24-38(4)31-12-15-43-16-13-31/h6-11,20-23,31H,5,12-19,24H2,1-4H3,(H,37,39). The van der Waals surface area contributed by atoms with Gasteiger partial charge in [-0.05, 0) is 118 Å². The molecule has 3 aromatic carbocycles. The largest absolute Gasteiger partial charge is 0.491 e. The molecule has 2 aliphatic heterocycles. The summed E-state index contributed by atoms with van der Waals surface area (Å²) in [5.41, 5.74) is 4.47. The molecule has 1 amide bonds. The molecule has 46 heavy (non-hydrogen) atoms. The van der Waals surface area contributed by atoms with Gasteiger partial charge in [-0.15, -0.1) is 0 Å². The van der Waals surface area contributed by atoms with E-state index >= 15 is 0 Å². The first-order valence-electron chi connectivity index (χ1n) is 15.9. The molecule has 0 atom stereocenters. The molecule has 0 bridgehead atoms. The predicted molar refractivity (Wildman–Crippen MR) is 179 cm³/mol. The first kappa shape index (κ1) is 33.7. The third-order valence-electron chi connectivity index (χ3n) is 8.38. The molecule has 246 valence electrons. The van der Waals surface area contributed by atoms with Gasteiger partial charge in [-0.3, -0.25) is 9.69 Å². The summed E-state index contributed by atoms with van der Waals surface area (Å²) in [7, 11) is -1.46. The topological polar surface area (TPSA) is 103 Å². The molecule has 0 aromatic heterocycles. The zero-order chi connectivity index (χ0) is 32.7. The Morgan fingerprint density at radius 1 is 0.978 bits per heavy atom. The number of rotatable bonds is 12. The third kappa shape index (κ3) is 8.55. The number of aryl methyl sites for hydroxylation is 2. The lowest BCUT2D eigenvalue weighted by molar-refractivity contribution is -0.112. The van der Waals surface area contributed by atoms with E-state index in [0.717, 1.165) is 55.0 Å². The highest BCUT2D eigenvalue weighted by molar-refractivity contribution is 7.91. The monoisotopic (exact) mass is 648 g/mol. The number of sulfone groups is 1. The smallest absolute Gasteiger partial charge is 0.251 e. The van der Waals surface area contributed by atoms with Crippen LogP contribution in [0.4, 0.5) is 5.69 Å². The average Bonchev–Trinajstić information content (AvgIpc) is 3.16. The number of amides is 1. The first-order chi connectivity index (χ1) is 22.1. The zero-order valence-corrected chi connectivity index (χ0v) is 28.0. The molecule has 5 rings (SSSR count). The second kappa shape index (κ2) is 15.3. The van der Waals surface area contributed by atoms with Gasteiger partial charge in [-0.1, -0.05) is 12.1 Å². The summed E-state index contributed by atoms with van der Waals surface area (Å²) in [6, 6.07) is 16.9. The van der Waals surface area contributed by atoms with E-state index in [1.54, 1.807) is 24.3 Å². The molecule has 2 aliphatic rings. The summed E-state index contributed by atoms with van der Waals surface area (Å²) in [6.45, 7) is 9.87. The summed E-state index contributed by atoms with van der Waals surface area (Å²) in [5, 5.41) is 2.95. The highest BCUT2D eigenvalue weighted by Gasteiger charge is 2.25. The molecule has 2 heterocycles. The average molecular weight is 649 g/mol. The van der Waals surface area contributed by atoms with Gasteiger partial charge < -0.3 is 24.3 Å². The van der Waals surface area contributed by atoms with Crippen molar-refractivity contribution >= 4 is 27.5 Å². The number of carbonyl (C=O) groups excluding carboxylic acids is 1.